The standard InChI is InChI=1S/C18H18N2O3S/c21-13-12-20(14-15-6-2-1-3-7-15)24(22,23)18-10-4-9-17-16(18)8-5-11-19-17/h1-11,21H,12-14H2. The molecule has 0 aliphatic heterocycles. The smallest absolute Gasteiger partial charge is 0.244 e. The van der Waals surface area contributed by atoms with E-state index >= 15 is 0 Å². The van der Waals surface area contributed by atoms with Gasteiger partial charge in [0.15, 0.2) is 0 Å². The molecule has 0 fully saturated rings. The summed E-state index contributed by atoms with van der Waals surface area (Å²) in [4.78, 5) is 4.42. The van der Waals surface area contributed by atoms with Crippen LogP contribution in [0, 0.1) is 0 Å². The highest BCUT2D eigenvalue weighted by atomic mass is 32.2. The lowest BCUT2D eigenvalue weighted by molar-refractivity contribution is 0.251. The van der Waals surface area contributed by atoms with Crippen molar-refractivity contribution in [3.63, 3.8) is 0 Å². The van der Waals surface area contributed by atoms with E-state index < -0.39 is 10.0 Å². The first kappa shape index (κ1) is 16.6. The van der Waals surface area contributed by atoms with E-state index in [1.54, 1.807) is 36.5 Å². The van der Waals surface area contributed by atoms with E-state index in [-0.39, 0.29) is 24.6 Å². The van der Waals surface area contributed by atoms with Gasteiger partial charge in [0, 0.05) is 24.7 Å². The minimum absolute atomic E-state index is 0.0356. The summed E-state index contributed by atoms with van der Waals surface area (Å²) in [6.07, 6.45) is 1.63. The van der Waals surface area contributed by atoms with Gasteiger partial charge in [-0.1, -0.05) is 36.4 Å². The van der Waals surface area contributed by atoms with Gasteiger partial charge >= 0.3 is 0 Å². The molecule has 0 saturated heterocycles. The van der Waals surface area contributed by atoms with Crippen LogP contribution in [0.4, 0.5) is 0 Å². The molecule has 1 N–H and O–H groups in total. The number of nitrogens with zero attached hydrogens (tertiary/aromatic N) is 2. The van der Waals surface area contributed by atoms with Crippen molar-refractivity contribution < 1.29 is 13.5 Å². The number of aromatic nitrogens is 1. The van der Waals surface area contributed by atoms with E-state index in [9.17, 15) is 13.5 Å². The normalized spacial score (nSPS) is 11.9. The van der Waals surface area contributed by atoms with E-state index in [1.165, 1.54) is 4.31 Å². The molecule has 3 rings (SSSR count). The van der Waals surface area contributed by atoms with Gasteiger partial charge in [-0.2, -0.15) is 4.31 Å². The fraction of sp³-hybridized carbons (Fsp3) is 0.167. The van der Waals surface area contributed by atoms with Crippen molar-refractivity contribution in [1.82, 2.24) is 9.29 Å². The van der Waals surface area contributed by atoms with Crippen molar-refractivity contribution in [2.75, 3.05) is 13.2 Å². The molecule has 0 aliphatic rings. The van der Waals surface area contributed by atoms with Crippen molar-refractivity contribution in [1.29, 1.82) is 0 Å². The molecule has 0 atom stereocenters. The molecule has 24 heavy (non-hydrogen) atoms. The highest BCUT2D eigenvalue weighted by Crippen LogP contribution is 2.25. The van der Waals surface area contributed by atoms with Crippen LogP contribution in [0.5, 0.6) is 0 Å². The number of hydrogen-bond donors (Lipinski definition) is 1. The van der Waals surface area contributed by atoms with Crippen LogP contribution in [-0.4, -0.2) is 36.0 Å². The van der Waals surface area contributed by atoms with E-state index in [0.717, 1.165) is 5.56 Å². The third-order valence-corrected chi connectivity index (χ3v) is 5.68. The topological polar surface area (TPSA) is 70.5 Å². The number of benzene rings is 2. The zero-order valence-electron chi connectivity index (χ0n) is 13.0. The summed E-state index contributed by atoms with van der Waals surface area (Å²) in [5, 5.41) is 9.90. The summed E-state index contributed by atoms with van der Waals surface area (Å²) in [6, 6.07) is 17.8. The Bertz CT molecular complexity index is 922. The largest absolute Gasteiger partial charge is 0.395 e. The minimum atomic E-state index is -3.75. The minimum Gasteiger partial charge on any atom is -0.395 e. The summed E-state index contributed by atoms with van der Waals surface area (Å²) in [5.74, 6) is 0. The van der Waals surface area contributed by atoms with Gasteiger partial charge in [-0.3, -0.25) is 4.98 Å². The first-order valence-corrected chi connectivity index (χ1v) is 9.05. The average molecular weight is 342 g/mol. The number of sulfonamides is 1. The Morgan fingerprint density at radius 3 is 2.50 bits per heavy atom. The lowest BCUT2D eigenvalue weighted by Gasteiger charge is -2.22. The molecule has 5 nitrogen and oxygen atoms in total. The molecule has 0 aliphatic carbocycles. The summed E-state index contributed by atoms with van der Waals surface area (Å²) in [5.41, 5.74) is 1.50. The molecule has 0 amide bonds. The third-order valence-electron chi connectivity index (χ3n) is 3.77. The second kappa shape index (κ2) is 7.09. The van der Waals surface area contributed by atoms with Crippen LogP contribution in [0.25, 0.3) is 10.9 Å². The van der Waals surface area contributed by atoms with E-state index in [0.29, 0.717) is 10.9 Å². The number of hydrogen-bond acceptors (Lipinski definition) is 4. The van der Waals surface area contributed by atoms with Crippen molar-refractivity contribution in [3.05, 3.63) is 72.4 Å². The predicted octanol–water partition coefficient (Wildman–Crippen LogP) is 2.42. The third kappa shape index (κ3) is 3.31. The maximum atomic E-state index is 13.1. The van der Waals surface area contributed by atoms with Gasteiger partial charge < -0.3 is 5.11 Å². The molecule has 0 spiro atoms. The zero-order chi connectivity index (χ0) is 17.0. The molecule has 124 valence electrons. The summed E-state index contributed by atoms with van der Waals surface area (Å²) < 4.78 is 27.6. The van der Waals surface area contributed by atoms with Gasteiger partial charge in [0.2, 0.25) is 10.0 Å². The molecule has 6 heteroatoms. The first-order valence-electron chi connectivity index (χ1n) is 7.61. The molecule has 0 radical (unpaired) electrons. The van der Waals surface area contributed by atoms with Crippen LogP contribution < -0.4 is 0 Å². The number of aliphatic hydroxyl groups excluding tert-OH is 1. The van der Waals surface area contributed by atoms with E-state index in [2.05, 4.69) is 4.98 Å². The highest BCUT2D eigenvalue weighted by molar-refractivity contribution is 7.89. The summed E-state index contributed by atoms with van der Waals surface area (Å²) >= 11 is 0. The Hall–Kier alpha value is -2.28. The predicted molar refractivity (Wildman–Crippen MR) is 92.9 cm³/mol. The molecule has 3 aromatic rings. The van der Waals surface area contributed by atoms with Gasteiger partial charge in [-0.15, -0.1) is 0 Å². The molecule has 0 bridgehead atoms. The fourth-order valence-electron chi connectivity index (χ4n) is 2.62. The van der Waals surface area contributed by atoms with Crippen LogP contribution in [0.2, 0.25) is 0 Å². The lowest BCUT2D eigenvalue weighted by Crippen LogP contribution is -2.33. The van der Waals surface area contributed by atoms with Crippen molar-refractivity contribution in [2.45, 2.75) is 11.4 Å². The molecule has 1 heterocycles. The molecule has 0 unspecified atom stereocenters. The maximum absolute atomic E-state index is 13.1. The van der Waals surface area contributed by atoms with Crippen LogP contribution >= 0.6 is 0 Å². The first-order chi connectivity index (χ1) is 11.6. The Kier molecular flexibility index (Phi) is 4.89. The Balaban J connectivity index is 2.05. The molecule has 0 saturated carbocycles. The van der Waals surface area contributed by atoms with E-state index in [1.807, 2.05) is 30.3 Å². The fourth-order valence-corrected chi connectivity index (χ4v) is 4.24. The quantitative estimate of drug-likeness (QED) is 0.747. The second-order valence-corrected chi connectivity index (χ2v) is 7.28. The van der Waals surface area contributed by atoms with Gasteiger partial charge in [0.1, 0.15) is 0 Å². The van der Waals surface area contributed by atoms with Gasteiger partial charge in [0.05, 0.1) is 17.0 Å². The number of rotatable bonds is 6. The number of fused-ring (bicyclic) bond motifs is 1. The molecule has 1 aromatic heterocycles. The van der Waals surface area contributed by atoms with Crippen molar-refractivity contribution in [3.8, 4) is 0 Å². The number of pyridine rings is 1. The molecular weight excluding hydrogens is 324 g/mol. The Labute approximate surface area is 141 Å². The van der Waals surface area contributed by atoms with Gasteiger partial charge in [0.25, 0.3) is 0 Å². The molecular formula is C18H18N2O3S. The number of aliphatic hydroxyl groups is 1. The second-order valence-electron chi connectivity index (χ2n) is 5.37. The van der Waals surface area contributed by atoms with E-state index in [4.69, 9.17) is 0 Å². The van der Waals surface area contributed by atoms with Crippen molar-refractivity contribution in [2.24, 2.45) is 0 Å². The zero-order valence-corrected chi connectivity index (χ0v) is 13.9. The highest BCUT2D eigenvalue weighted by Gasteiger charge is 2.26. The Morgan fingerprint density at radius 1 is 0.958 bits per heavy atom. The lowest BCUT2D eigenvalue weighted by atomic mass is 10.2. The van der Waals surface area contributed by atoms with Gasteiger partial charge in [-0.05, 0) is 29.8 Å². The van der Waals surface area contributed by atoms with Crippen LogP contribution in [-0.2, 0) is 16.6 Å². The van der Waals surface area contributed by atoms with Crippen LogP contribution in [0.15, 0.2) is 71.8 Å². The average Bonchev–Trinajstić information content (AvgIpc) is 2.61. The van der Waals surface area contributed by atoms with Crippen LogP contribution in [0.1, 0.15) is 5.56 Å². The van der Waals surface area contributed by atoms with Crippen LogP contribution in [0.3, 0.4) is 0 Å². The Morgan fingerprint density at radius 2 is 1.75 bits per heavy atom. The molecule has 2 aromatic carbocycles. The maximum Gasteiger partial charge on any atom is 0.244 e. The summed E-state index contributed by atoms with van der Waals surface area (Å²) in [7, 11) is -3.75. The van der Waals surface area contributed by atoms with Crippen molar-refractivity contribution >= 4 is 20.9 Å². The monoisotopic (exact) mass is 342 g/mol. The summed E-state index contributed by atoms with van der Waals surface area (Å²) in [6.45, 7) is 0.00331. The SMILES string of the molecule is O=S(=O)(c1cccc2ncccc12)N(CCO)Cc1ccccc1. The van der Waals surface area contributed by atoms with Gasteiger partial charge in [-0.25, -0.2) is 8.42 Å².